The lowest BCUT2D eigenvalue weighted by Gasteiger charge is -1.95. The largest absolute Gasteiger partial charge is 0.125 e. The minimum absolute atomic E-state index is 0.372. The number of halogens is 2. The second kappa shape index (κ2) is 1.67. The average Bonchev–Trinajstić information content (AvgIpc) is 2.39. The molecule has 0 amide bonds. The minimum atomic E-state index is -0.372. The highest BCUT2D eigenvalue weighted by Crippen LogP contribution is 2.63. The molecule has 9 heavy (non-hydrogen) atoms. The highest BCUT2D eigenvalue weighted by Gasteiger charge is 2.62. The predicted molar refractivity (Wildman–Crippen MR) is 39.8 cm³/mol. The standard InChI is InChI=1S/C7H8Cl2/c8-7(9)5-3-1-2-4-6(5)7/h1-2,5-6H,3-4H2/t5-,6+. The second-order valence-corrected chi connectivity index (χ2v) is 4.27. The van der Waals surface area contributed by atoms with Gasteiger partial charge in [0, 0.05) is 11.8 Å². The Morgan fingerprint density at radius 1 is 1.11 bits per heavy atom. The molecule has 50 valence electrons. The maximum absolute atomic E-state index is 5.94. The van der Waals surface area contributed by atoms with Crippen LogP contribution >= 0.6 is 23.2 Å². The zero-order chi connectivity index (χ0) is 6.48. The van der Waals surface area contributed by atoms with E-state index >= 15 is 0 Å². The zero-order valence-electron chi connectivity index (χ0n) is 4.98. The van der Waals surface area contributed by atoms with E-state index in [1.807, 2.05) is 0 Å². The third-order valence-corrected chi connectivity index (χ3v) is 3.43. The molecule has 2 atom stereocenters. The minimum Gasteiger partial charge on any atom is -0.101 e. The van der Waals surface area contributed by atoms with Gasteiger partial charge < -0.3 is 0 Å². The molecule has 2 heteroatoms. The van der Waals surface area contributed by atoms with Crippen LogP contribution in [0.25, 0.3) is 0 Å². The van der Waals surface area contributed by atoms with Crippen LogP contribution in [0, 0.1) is 11.8 Å². The SMILES string of the molecule is ClC1(Cl)[C@@H]2CC=CC[C@@H]21. The lowest BCUT2D eigenvalue weighted by Crippen LogP contribution is -1.87. The van der Waals surface area contributed by atoms with Gasteiger partial charge in [0.1, 0.15) is 4.33 Å². The number of fused-ring (bicyclic) bond motifs is 1. The Kier molecular flexibility index (Phi) is 1.13. The molecular formula is C7H8Cl2. The first-order valence-electron chi connectivity index (χ1n) is 3.25. The molecule has 0 aliphatic heterocycles. The first-order chi connectivity index (χ1) is 4.23. The van der Waals surface area contributed by atoms with Gasteiger partial charge in [-0.1, -0.05) is 12.2 Å². The molecule has 2 aliphatic carbocycles. The molecule has 2 rings (SSSR count). The van der Waals surface area contributed by atoms with Crippen molar-refractivity contribution >= 4 is 23.2 Å². The van der Waals surface area contributed by atoms with Crippen LogP contribution in [0.2, 0.25) is 0 Å². The lowest BCUT2D eigenvalue weighted by molar-refractivity contribution is 0.689. The van der Waals surface area contributed by atoms with E-state index in [0.717, 1.165) is 12.8 Å². The summed E-state index contributed by atoms with van der Waals surface area (Å²) in [7, 11) is 0. The number of rotatable bonds is 0. The van der Waals surface area contributed by atoms with E-state index < -0.39 is 0 Å². The van der Waals surface area contributed by atoms with Crippen molar-refractivity contribution in [1.29, 1.82) is 0 Å². The summed E-state index contributed by atoms with van der Waals surface area (Å²) in [6, 6.07) is 0. The third kappa shape index (κ3) is 0.731. The van der Waals surface area contributed by atoms with Gasteiger partial charge in [0.15, 0.2) is 0 Å². The number of hydrogen-bond acceptors (Lipinski definition) is 0. The fourth-order valence-corrected chi connectivity index (χ4v) is 2.43. The number of hydrogen-bond donors (Lipinski definition) is 0. The first kappa shape index (κ1) is 6.06. The first-order valence-corrected chi connectivity index (χ1v) is 4.01. The molecule has 0 heterocycles. The molecule has 0 aromatic rings. The molecule has 2 aliphatic rings. The lowest BCUT2D eigenvalue weighted by atomic mass is 10.1. The summed E-state index contributed by atoms with van der Waals surface area (Å²) >= 11 is 11.9. The fraction of sp³-hybridized carbons (Fsp3) is 0.714. The van der Waals surface area contributed by atoms with E-state index in [2.05, 4.69) is 12.2 Å². The van der Waals surface area contributed by atoms with Crippen molar-refractivity contribution in [1.82, 2.24) is 0 Å². The average molecular weight is 163 g/mol. The van der Waals surface area contributed by atoms with E-state index in [4.69, 9.17) is 23.2 Å². The van der Waals surface area contributed by atoms with Crippen LogP contribution in [0.15, 0.2) is 12.2 Å². The van der Waals surface area contributed by atoms with Gasteiger partial charge in [-0.15, -0.1) is 23.2 Å². The summed E-state index contributed by atoms with van der Waals surface area (Å²) in [6.07, 6.45) is 6.51. The van der Waals surface area contributed by atoms with Crippen molar-refractivity contribution in [2.45, 2.75) is 17.2 Å². The van der Waals surface area contributed by atoms with Gasteiger partial charge in [0.2, 0.25) is 0 Å². The van der Waals surface area contributed by atoms with Crippen molar-refractivity contribution in [2.75, 3.05) is 0 Å². The van der Waals surface area contributed by atoms with E-state index in [1.165, 1.54) is 0 Å². The van der Waals surface area contributed by atoms with Gasteiger partial charge in [0.05, 0.1) is 0 Å². The Morgan fingerprint density at radius 2 is 1.56 bits per heavy atom. The summed E-state index contributed by atoms with van der Waals surface area (Å²) < 4.78 is -0.372. The van der Waals surface area contributed by atoms with Crippen molar-refractivity contribution in [3.63, 3.8) is 0 Å². The molecule has 1 fully saturated rings. The molecule has 1 saturated carbocycles. The van der Waals surface area contributed by atoms with Gasteiger partial charge in [0.25, 0.3) is 0 Å². The van der Waals surface area contributed by atoms with Gasteiger partial charge in [-0.05, 0) is 12.8 Å². The molecular weight excluding hydrogens is 155 g/mol. The van der Waals surface area contributed by atoms with Gasteiger partial charge in [-0.3, -0.25) is 0 Å². The van der Waals surface area contributed by atoms with Crippen LogP contribution in [0.5, 0.6) is 0 Å². The Bertz CT molecular complexity index is 144. The molecule has 0 bridgehead atoms. The molecule has 0 unspecified atom stereocenters. The van der Waals surface area contributed by atoms with Crippen molar-refractivity contribution < 1.29 is 0 Å². The molecule has 0 nitrogen and oxygen atoms in total. The Hall–Kier alpha value is 0.320. The molecule has 0 spiro atoms. The van der Waals surface area contributed by atoms with E-state index in [1.54, 1.807) is 0 Å². The van der Waals surface area contributed by atoms with Crippen LogP contribution in [0.1, 0.15) is 12.8 Å². The number of alkyl halides is 2. The monoisotopic (exact) mass is 162 g/mol. The summed E-state index contributed by atoms with van der Waals surface area (Å²) in [6.45, 7) is 0. The molecule has 0 N–H and O–H groups in total. The number of allylic oxidation sites excluding steroid dienone is 2. The second-order valence-electron chi connectivity index (χ2n) is 2.83. The summed E-state index contributed by atoms with van der Waals surface area (Å²) in [5.41, 5.74) is 0. The van der Waals surface area contributed by atoms with E-state index in [9.17, 15) is 0 Å². The molecule has 0 aromatic heterocycles. The third-order valence-electron chi connectivity index (χ3n) is 2.31. The van der Waals surface area contributed by atoms with Gasteiger partial charge >= 0.3 is 0 Å². The highest BCUT2D eigenvalue weighted by molar-refractivity contribution is 6.51. The maximum Gasteiger partial charge on any atom is 0.125 e. The topological polar surface area (TPSA) is 0 Å². The van der Waals surface area contributed by atoms with Crippen LogP contribution in [-0.4, -0.2) is 4.33 Å². The normalized spacial score (nSPS) is 44.2. The van der Waals surface area contributed by atoms with Crippen LogP contribution < -0.4 is 0 Å². The Labute approximate surface area is 64.8 Å². The molecule has 0 aromatic carbocycles. The molecule has 0 radical (unpaired) electrons. The van der Waals surface area contributed by atoms with Crippen molar-refractivity contribution in [2.24, 2.45) is 11.8 Å². The van der Waals surface area contributed by atoms with Gasteiger partial charge in [-0.25, -0.2) is 0 Å². The quantitative estimate of drug-likeness (QED) is 0.380. The van der Waals surface area contributed by atoms with Crippen LogP contribution in [-0.2, 0) is 0 Å². The summed E-state index contributed by atoms with van der Waals surface area (Å²) in [5.74, 6) is 1.12. The summed E-state index contributed by atoms with van der Waals surface area (Å²) in [4.78, 5) is 0. The zero-order valence-corrected chi connectivity index (χ0v) is 6.49. The predicted octanol–water partition coefficient (Wildman–Crippen LogP) is 2.76. The van der Waals surface area contributed by atoms with E-state index in [-0.39, 0.29) is 4.33 Å². The Balaban J connectivity index is 2.14. The maximum atomic E-state index is 5.94. The summed E-state index contributed by atoms with van der Waals surface area (Å²) in [5, 5.41) is 0. The van der Waals surface area contributed by atoms with Crippen molar-refractivity contribution in [3.8, 4) is 0 Å². The van der Waals surface area contributed by atoms with Gasteiger partial charge in [-0.2, -0.15) is 0 Å². The molecule has 0 saturated heterocycles. The highest BCUT2D eigenvalue weighted by atomic mass is 35.5. The fourth-order valence-electron chi connectivity index (χ4n) is 1.59. The van der Waals surface area contributed by atoms with Crippen LogP contribution in [0.4, 0.5) is 0 Å². The smallest absolute Gasteiger partial charge is 0.101 e. The van der Waals surface area contributed by atoms with Crippen molar-refractivity contribution in [3.05, 3.63) is 12.2 Å². The van der Waals surface area contributed by atoms with E-state index in [0.29, 0.717) is 11.8 Å². The van der Waals surface area contributed by atoms with Crippen LogP contribution in [0.3, 0.4) is 0 Å². The Morgan fingerprint density at radius 3 is 1.89 bits per heavy atom.